The van der Waals surface area contributed by atoms with E-state index in [4.69, 9.17) is 0 Å². The van der Waals surface area contributed by atoms with Crippen molar-refractivity contribution in [3.8, 4) is 11.3 Å². The normalized spacial score (nSPS) is 10.6. The van der Waals surface area contributed by atoms with Crippen LogP contribution in [-0.4, -0.2) is 26.5 Å². The van der Waals surface area contributed by atoms with Gasteiger partial charge in [-0.2, -0.15) is 5.10 Å². The summed E-state index contributed by atoms with van der Waals surface area (Å²) in [5.74, 6) is -0.355. The number of aromatic nitrogens is 3. The number of Topliss-reactive ketones (excluding diaryl/α,β-unsaturated/α-hetero) is 1. The van der Waals surface area contributed by atoms with Crippen molar-refractivity contribution < 1.29 is 9.59 Å². The molecule has 2 aromatic heterocycles. The third-order valence-electron chi connectivity index (χ3n) is 4.66. The minimum absolute atomic E-state index is 0.0576. The van der Waals surface area contributed by atoms with Gasteiger partial charge in [0.2, 0.25) is 0 Å². The second-order valence-corrected chi connectivity index (χ2v) is 6.91. The number of ketones is 1. The molecule has 0 aliphatic rings. The monoisotopic (exact) mass is 396 g/mol. The largest absolute Gasteiger partial charge is 0.322 e. The van der Waals surface area contributed by atoms with Crippen molar-refractivity contribution in [1.82, 2.24) is 14.8 Å². The highest BCUT2D eigenvalue weighted by molar-refractivity contribution is 6.08. The summed E-state index contributed by atoms with van der Waals surface area (Å²) in [6.45, 7) is 2.04. The molecule has 0 aliphatic carbocycles. The van der Waals surface area contributed by atoms with Crippen molar-refractivity contribution in [1.29, 1.82) is 0 Å². The smallest absolute Gasteiger partial charge is 0.259 e. The molecular weight excluding hydrogens is 376 g/mol. The second-order valence-electron chi connectivity index (χ2n) is 6.91. The van der Waals surface area contributed by atoms with Crippen molar-refractivity contribution in [2.75, 3.05) is 5.32 Å². The maximum absolute atomic E-state index is 13.1. The first-order valence-corrected chi connectivity index (χ1v) is 9.54. The number of nitrogens with zero attached hydrogens (tertiary/aromatic N) is 3. The maximum atomic E-state index is 13.1. The number of pyridine rings is 1. The Morgan fingerprint density at radius 2 is 1.83 bits per heavy atom. The molecule has 2 aromatic carbocycles. The Labute approximate surface area is 174 Å². The topological polar surface area (TPSA) is 76.9 Å². The van der Waals surface area contributed by atoms with Crippen molar-refractivity contribution in [3.63, 3.8) is 0 Å². The molecule has 0 atom stereocenters. The summed E-state index contributed by atoms with van der Waals surface area (Å²) >= 11 is 0. The molecule has 148 valence electrons. The number of hydrogen-bond acceptors (Lipinski definition) is 4. The van der Waals surface area contributed by atoms with Crippen molar-refractivity contribution in [2.45, 2.75) is 13.5 Å². The third-order valence-corrected chi connectivity index (χ3v) is 4.66. The standard InChI is InChI=1S/C24H20N4O2/c1-17(29)19-9-5-11-21(13-19)26-24(30)22-16-28(15-18-7-3-2-4-8-18)27-23(22)20-10-6-12-25-14-20/h2-14,16H,15H2,1H3,(H,26,30). The second kappa shape index (κ2) is 8.53. The lowest BCUT2D eigenvalue weighted by Gasteiger charge is -2.06. The number of anilines is 1. The molecular formula is C24H20N4O2. The predicted octanol–water partition coefficient (Wildman–Crippen LogP) is 4.45. The van der Waals surface area contributed by atoms with Gasteiger partial charge >= 0.3 is 0 Å². The molecule has 0 fully saturated rings. The van der Waals surface area contributed by atoms with E-state index in [1.54, 1.807) is 47.5 Å². The number of carbonyl (C=O) groups excluding carboxylic acids is 2. The van der Waals surface area contributed by atoms with Crippen LogP contribution >= 0.6 is 0 Å². The van der Waals surface area contributed by atoms with Crippen molar-refractivity contribution in [3.05, 3.63) is 102 Å². The predicted molar refractivity (Wildman–Crippen MR) is 115 cm³/mol. The van der Waals surface area contributed by atoms with Gasteiger partial charge in [-0.25, -0.2) is 0 Å². The fourth-order valence-electron chi connectivity index (χ4n) is 3.17. The first kappa shape index (κ1) is 19.3. The zero-order chi connectivity index (χ0) is 20.9. The Balaban J connectivity index is 1.67. The maximum Gasteiger partial charge on any atom is 0.259 e. The van der Waals surface area contributed by atoms with Crippen LogP contribution in [0.4, 0.5) is 5.69 Å². The fourth-order valence-corrected chi connectivity index (χ4v) is 3.17. The van der Waals surface area contributed by atoms with Gasteiger partial charge in [0, 0.05) is 35.4 Å². The van der Waals surface area contributed by atoms with Crippen LogP contribution in [0, 0.1) is 0 Å². The summed E-state index contributed by atoms with van der Waals surface area (Å²) in [4.78, 5) is 28.9. The fraction of sp³-hybridized carbons (Fsp3) is 0.0833. The van der Waals surface area contributed by atoms with Gasteiger partial charge in [0.25, 0.3) is 5.91 Å². The summed E-state index contributed by atoms with van der Waals surface area (Å²) in [5.41, 5.74) is 3.93. The van der Waals surface area contributed by atoms with Gasteiger partial charge in [0.1, 0.15) is 5.69 Å². The van der Waals surface area contributed by atoms with Gasteiger partial charge < -0.3 is 5.32 Å². The van der Waals surface area contributed by atoms with Crippen LogP contribution in [0.2, 0.25) is 0 Å². The van der Waals surface area contributed by atoms with Crippen LogP contribution in [-0.2, 0) is 6.54 Å². The number of hydrogen-bond donors (Lipinski definition) is 1. The molecule has 1 N–H and O–H groups in total. The Hall–Kier alpha value is -4.06. The van der Waals surface area contributed by atoms with E-state index >= 15 is 0 Å². The van der Waals surface area contributed by atoms with Gasteiger partial charge in [-0.05, 0) is 36.8 Å². The van der Waals surface area contributed by atoms with Crippen LogP contribution in [0.15, 0.2) is 85.3 Å². The highest BCUT2D eigenvalue weighted by Crippen LogP contribution is 2.23. The first-order valence-electron chi connectivity index (χ1n) is 9.54. The summed E-state index contributed by atoms with van der Waals surface area (Å²) < 4.78 is 1.75. The van der Waals surface area contributed by atoms with E-state index in [9.17, 15) is 9.59 Å². The lowest BCUT2D eigenvalue weighted by molar-refractivity contribution is 0.101. The molecule has 6 heteroatoms. The molecule has 2 heterocycles. The third kappa shape index (κ3) is 4.33. The summed E-state index contributed by atoms with van der Waals surface area (Å²) in [7, 11) is 0. The lowest BCUT2D eigenvalue weighted by atomic mass is 10.1. The SMILES string of the molecule is CC(=O)c1cccc(NC(=O)c2cn(Cc3ccccc3)nc2-c2cccnc2)c1. The van der Waals surface area contributed by atoms with E-state index in [0.717, 1.165) is 11.1 Å². The van der Waals surface area contributed by atoms with E-state index in [1.165, 1.54) is 6.92 Å². The van der Waals surface area contributed by atoms with Crippen molar-refractivity contribution in [2.24, 2.45) is 0 Å². The van der Waals surface area contributed by atoms with Crippen molar-refractivity contribution >= 4 is 17.4 Å². The van der Waals surface area contributed by atoms with Gasteiger partial charge in [0.15, 0.2) is 5.78 Å². The van der Waals surface area contributed by atoms with Gasteiger partial charge in [-0.3, -0.25) is 19.3 Å². The van der Waals surface area contributed by atoms with E-state index in [0.29, 0.717) is 29.1 Å². The van der Waals surface area contributed by atoms with Crippen LogP contribution < -0.4 is 5.32 Å². The molecule has 0 aliphatic heterocycles. The first-order chi connectivity index (χ1) is 14.6. The number of nitrogens with one attached hydrogen (secondary N) is 1. The summed E-state index contributed by atoms with van der Waals surface area (Å²) in [6.07, 6.45) is 5.10. The van der Waals surface area contributed by atoms with Gasteiger partial charge in [-0.1, -0.05) is 42.5 Å². The Morgan fingerprint density at radius 1 is 1.00 bits per heavy atom. The van der Waals surface area contributed by atoms with Crippen LogP contribution in [0.3, 0.4) is 0 Å². The van der Waals surface area contributed by atoms with Crippen LogP contribution in [0.5, 0.6) is 0 Å². The Bertz CT molecular complexity index is 1180. The highest BCUT2D eigenvalue weighted by atomic mass is 16.1. The Morgan fingerprint density at radius 3 is 2.57 bits per heavy atom. The van der Waals surface area contributed by atoms with E-state index in [2.05, 4.69) is 15.4 Å². The minimum Gasteiger partial charge on any atom is -0.322 e. The van der Waals surface area contributed by atoms with E-state index in [-0.39, 0.29) is 11.7 Å². The molecule has 0 radical (unpaired) electrons. The molecule has 6 nitrogen and oxygen atoms in total. The lowest BCUT2D eigenvalue weighted by Crippen LogP contribution is -2.12. The zero-order valence-electron chi connectivity index (χ0n) is 16.4. The quantitative estimate of drug-likeness (QED) is 0.489. The van der Waals surface area contributed by atoms with Gasteiger partial charge in [0.05, 0.1) is 12.1 Å². The number of amides is 1. The van der Waals surface area contributed by atoms with Gasteiger partial charge in [-0.15, -0.1) is 0 Å². The average molecular weight is 396 g/mol. The molecule has 0 saturated heterocycles. The molecule has 0 spiro atoms. The number of benzene rings is 2. The molecule has 0 bridgehead atoms. The molecule has 30 heavy (non-hydrogen) atoms. The highest BCUT2D eigenvalue weighted by Gasteiger charge is 2.19. The number of rotatable bonds is 6. The molecule has 0 unspecified atom stereocenters. The minimum atomic E-state index is -0.297. The summed E-state index contributed by atoms with van der Waals surface area (Å²) in [5, 5.41) is 7.52. The number of carbonyl (C=O) groups is 2. The molecule has 0 saturated carbocycles. The summed E-state index contributed by atoms with van der Waals surface area (Å²) in [6, 6.07) is 20.5. The van der Waals surface area contributed by atoms with Crippen LogP contribution in [0.25, 0.3) is 11.3 Å². The van der Waals surface area contributed by atoms with Crippen LogP contribution in [0.1, 0.15) is 33.2 Å². The Kier molecular flexibility index (Phi) is 5.48. The molecule has 4 rings (SSSR count). The van der Waals surface area contributed by atoms with E-state index in [1.807, 2.05) is 42.5 Å². The zero-order valence-corrected chi connectivity index (χ0v) is 16.4. The average Bonchev–Trinajstić information content (AvgIpc) is 3.19. The van der Waals surface area contributed by atoms with E-state index < -0.39 is 0 Å². The molecule has 4 aromatic rings. The molecule has 1 amide bonds.